The molecule has 1 amide bonds. The molecule has 0 unspecified atom stereocenters. The summed E-state index contributed by atoms with van der Waals surface area (Å²) in [6.07, 6.45) is 9.23. The van der Waals surface area contributed by atoms with Gasteiger partial charge in [0.25, 0.3) is 5.91 Å². The fraction of sp³-hybridized carbons (Fsp3) is 0.738. The molecule has 274 valence electrons. The zero-order valence-electron chi connectivity index (χ0n) is 32.1. The summed E-state index contributed by atoms with van der Waals surface area (Å²) in [5.74, 6) is -0.264. The number of fused-ring (bicyclic) bond motifs is 7. The number of hydrogen-bond donors (Lipinski definition) is 2. The molecule has 4 fully saturated rings. The van der Waals surface area contributed by atoms with E-state index in [4.69, 9.17) is 4.74 Å². The number of rotatable bonds is 7. The van der Waals surface area contributed by atoms with Gasteiger partial charge in [0.2, 0.25) is 0 Å². The van der Waals surface area contributed by atoms with Gasteiger partial charge in [-0.15, -0.1) is 0 Å². The van der Waals surface area contributed by atoms with Crippen LogP contribution in [0.25, 0.3) is 0 Å². The van der Waals surface area contributed by atoms with E-state index in [0.29, 0.717) is 29.5 Å². The van der Waals surface area contributed by atoms with E-state index >= 15 is 0 Å². The summed E-state index contributed by atoms with van der Waals surface area (Å²) in [7, 11) is 0. The van der Waals surface area contributed by atoms with Gasteiger partial charge in [-0.2, -0.15) is 0 Å². The Balaban J connectivity index is 1.31. The van der Waals surface area contributed by atoms with E-state index in [-0.39, 0.29) is 57.7 Å². The lowest BCUT2D eigenvalue weighted by atomic mass is 9.33. The number of aliphatic carboxylic acids is 1. The molecule has 6 rings (SSSR count). The van der Waals surface area contributed by atoms with Crippen molar-refractivity contribution in [3.8, 4) is 0 Å². The third-order valence-corrected chi connectivity index (χ3v) is 15.4. The number of nitrogens with one attached hydrogen (secondary N) is 1. The van der Waals surface area contributed by atoms with Gasteiger partial charge in [0, 0.05) is 23.7 Å². The highest BCUT2D eigenvalue weighted by Gasteiger charge is 2.70. The number of ketones is 1. The quantitative estimate of drug-likeness (QED) is 0.277. The molecule has 1 aromatic rings. The van der Waals surface area contributed by atoms with Crippen LogP contribution in [0.3, 0.4) is 0 Å². The Bertz CT molecular complexity index is 1640. The molecular weight excluding hydrogens is 628 g/mol. The van der Waals surface area contributed by atoms with Crippen molar-refractivity contribution in [3.63, 3.8) is 0 Å². The number of aromatic nitrogens is 1. The molecule has 4 saturated carbocycles. The average molecular weight is 689 g/mol. The van der Waals surface area contributed by atoms with Crippen LogP contribution in [-0.4, -0.2) is 45.4 Å². The predicted octanol–water partition coefficient (Wildman–Crippen LogP) is 8.27. The van der Waals surface area contributed by atoms with Gasteiger partial charge in [0.1, 0.15) is 6.10 Å². The minimum absolute atomic E-state index is 0.0309. The van der Waals surface area contributed by atoms with Crippen molar-refractivity contribution in [2.45, 2.75) is 145 Å². The SMILES string of the molecule is Cc1ncccc1C(=O)N[C@@]12CC[C@]3(C)[C@H](CC[C@@H]4[C@@]5(C)CC[C@H](OC(=O)CC(C)(C)C(=O)O)C(C)(C)[C@@H]5CC[C@]43C)C1=C(C(C)C)C(=O)C2. The van der Waals surface area contributed by atoms with E-state index in [1.54, 1.807) is 26.1 Å². The fourth-order valence-corrected chi connectivity index (χ4v) is 12.6. The summed E-state index contributed by atoms with van der Waals surface area (Å²) in [4.78, 5) is 57.0. The van der Waals surface area contributed by atoms with Crippen molar-refractivity contribution < 1.29 is 29.0 Å². The molecule has 8 heteroatoms. The number of amides is 1. The molecule has 5 aliphatic rings. The lowest BCUT2D eigenvalue weighted by molar-refractivity contribution is -0.232. The number of esters is 1. The van der Waals surface area contributed by atoms with Gasteiger partial charge in [-0.3, -0.25) is 24.2 Å². The molecule has 0 saturated heterocycles. The molecule has 0 spiro atoms. The molecule has 8 nitrogen and oxygen atoms in total. The minimum atomic E-state index is -1.17. The fourth-order valence-electron chi connectivity index (χ4n) is 12.6. The third kappa shape index (κ3) is 5.31. The first-order chi connectivity index (χ1) is 23.1. The van der Waals surface area contributed by atoms with Crippen LogP contribution in [0.5, 0.6) is 0 Å². The molecule has 8 atom stereocenters. The molecule has 2 N–H and O–H groups in total. The number of carboxylic acids is 1. The van der Waals surface area contributed by atoms with Gasteiger partial charge in [-0.05, 0) is 135 Å². The molecule has 0 radical (unpaired) electrons. The highest BCUT2D eigenvalue weighted by molar-refractivity contribution is 6.03. The number of aryl methyl sites for hydroxylation is 1. The normalized spacial score (nSPS) is 37.7. The summed E-state index contributed by atoms with van der Waals surface area (Å²) in [5, 5.41) is 13.1. The zero-order chi connectivity index (χ0) is 36.8. The summed E-state index contributed by atoms with van der Waals surface area (Å²) in [6, 6.07) is 3.62. The molecule has 5 aliphatic carbocycles. The average Bonchev–Trinajstić information content (AvgIpc) is 3.30. The number of Topliss-reactive ketones (excluding diaryl/α,β-unsaturated/α-hetero) is 1. The van der Waals surface area contributed by atoms with E-state index < -0.39 is 22.9 Å². The van der Waals surface area contributed by atoms with Crippen LogP contribution in [0.15, 0.2) is 29.5 Å². The molecule has 0 aromatic carbocycles. The van der Waals surface area contributed by atoms with Crippen LogP contribution in [0.1, 0.15) is 143 Å². The Hall–Kier alpha value is -3.03. The van der Waals surface area contributed by atoms with Crippen LogP contribution < -0.4 is 5.32 Å². The Morgan fingerprint density at radius 2 is 1.68 bits per heavy atom. The Morgan fingerprint density at radius 3 is 2.32 bits per heavy atom. The molecule has 1 heterocycles. The van der Waals surface area contributed by atoms with Crippen molar-refractivity contribution >= 4 is 23.6 Å². The van der Waals surface area contributed by atoms with Crippen molar-refractivity contribution in [1.29, 1.82) is 0 Å². The minimum Gasteiger partial charge on any atom is -0.481 e. The van der Waals surface area contributed by atoms with Gasteiger partial charge < -0.3 is 15.2 Å². The molecule has 0 bridgehead atoms. The first-order valence-electron chi connectivity index (χ1n) is 19.1. The van der Waals surface area contributed by atoms with Crippen molar-refractivity contribution in [2.24, 2.45) is 50.7 Å². The van der Waals surface area contributed by atoms with Gasteiger partial charge in [-0.1, -0.05) is 48.5 Å². The maximum atomic E-state index is 14.0. The van der Waals surface area contributed by atoms with Crippen LogP contribution >= 0.6 is 0 Å². The van der Waals surface area contributed by atoms with Gasteiger partial charge in [-0.25, -0.2) is 0 Å². The zero-order valence-corrected chi connectivity index (χ0v) is 32.1. The summed E-state index contributed by atoms with van der Waals surface area (Å²) in [5.41, 5.74) is 1.37. The second kappa shape index (κ2) is 12.0. The van der Waals surface area contributed by atoms with E-state index in [1.165, 1.54) is 5.57 Å². The maximum Gasteiger partial charge on any atom is 0.309 e. The largest absolute Gasteiger partial charge is 0.481 e. The lowest BCUT2D eigenvalue weighted by Crippen LogP contribution is -2.67. The maximum absolute atomic E-state index is 14.0. The van der Waals surface area contributed by atoms with E-state index in [2.05, 4.69) is 58.8 Å². The third-order valence-electron chi connectivity index (χ3n) is 15.4. The second-order valence-corrected chi connectivity index (χ2v) is 19.1. The topological polar surface area (TPSA) is 123 Å². The number of carbonyl (C=O) groups excluding carboxylic acids is 3. The standard InChI is InChI=1S/C42H60N2O6/c1-24(2)33-28(45)22-42(44-35(47)26-12-11-21-43-25(26)3)20-19-40(9)27(34(33)42)13-14-30-39(8)17-16-31(50-32(46)23-37(4,5)36(48)49)38(6,7)29(39)15-18-41(30,40)10/h11-12,21,24,27,29-31H,13-20,22-23H2,1-10H3,(H,44,47)(H,48,49)/t27-,29+,30-,31+,39+,40-,41-,42-/m1/s1. The Kier molecular flexibility index (Phi) is 8.83. The number of pyridine rings is 1. The van der Waals surface area contributed by atoms with Crippen LogP contribution in [0.2, 0.25) is 0 Å². The number of ether oxygens (including phenoxy) is 1. The van der Waals surface area contributed by atoms with Gasteiger partial charge in [0.05, 0.1) is 22.9 Å². The predicted molar refractivity (Wildman–Crippen MR) is 192 cm³/mol. The smallest absolute Gasteiger partial charge is 0.309 e. The molecular formula is C42H60N2O6. The molecule has 1 aromatic heterocycles. The van der Waals surface area contributed by atoms with Crippen molar-refractivity contribution in [3.05, 3.63) is 40.7 Å². The van der Waals surface area contributed by atoms with Crippen LogP contribution in [0, 0.1) is 57.7 Å². The number of carboxylic acid groups (broad SMARTS) is 1. The highest BCUT2D eigenvalue weighted by atomic mass is 16.5. The van der Waals surface area contributed by atoms with Crippen LogP contribution in [-0.2, 0) is 19.1 Å². The van der Waals surface area contributed by atoms with Crippen molar-refractivity contribution in [1.82, 2.24) is 10.3 Å². The monoisotopic (exact) mass is 688 g/mol. The molecule has 50 heavy (non-hydrogen) atoms. The molecule has 0 aliphatic heterocycles. The van der Waals surface area contributed by atoms with Crippen LogP contribution in [0.4, 0.5) is 0 Å². The summed E-state index contributed by atoms with van der Waals surface area (Å²) < 4.78 is 6.15. The first kappa shape index (κ1) is 36.8. The second-order valence-electron chi connectivity index (χ2n) is 19.1. The van der Waals surface area contributed by atoms with E-state index in [0.717, 1.165) is 56.9 Å². The van der Waals surface area contributed by atoms with Gasteiger partial charge >= 0.3 is 11.9 Å². The summed E-state index contributed by atoms with van der Waals surface area (Å²) >= 11 is 0. The number of allylic oxidation sites excluding steroid dienone is 1. The number of carbonyl (C=O) groups is 4. The first-order valence-corrected chi connectivity index (χ1v) is 19.1. The van der Waals surface area contributed by atoms with E-state index in [9.17, 15) is 24.3 Å². The van der Waals surface area contributed by atoms with Gasteiger partial charge in [0.15, 0.2) is 5.78 Å². The lowest BCUT2D eigenvalue weighted by Gasteiger charge is -2.72. The van der Waals surface area contributed by atoms with Crippen molar-refractivity contribution in [2.75, 3.05) is 0 Å². The number of nitrogens with zero attached hydrogens (tertiary/aromatic N) is 1. The van der Waals surface area contributed by atoms with E-state index in [1.807, 2.05) is 13.0 Å². The highest BCUT2D eigenvalue weighted by Crippen LogP contribution is 2.76. The summed E-state index contributed by atoms with van der Waals surface area (Å²) in [6.45, 7) is 21.3. The number of hydrogen-bond acceptors (Lipinski definition) is 6. The Morgan fingerprint density at radius 1 is 0.980 bits per heavy atom. The Labute approximate surface area is 299 Å².